The molecule has 0 bridgehead atoms. The highest BCUT2D eigenvalue weighted by atomic mass is 79.9. The number of rotatable bonds is 4. The van der Waals surface area contributed by atoms with Crippen LogP contribution >= 0.6 is 27.5 Å². The fourth-order valence-corrected chi connectivity index (χ4v) is 2.77. The molecule has 1 aromatic carbocycles. The molecule has 1 aromatic rings. The summed E-state index contributed by atoms with van der Waals surface area (Å²) in [6.07, 6.45) is 0. The maximum absolute atomic E-state index is 6.30. The zero-order valence-electron chi connectivity index (χ0n) is 11.1. The summed E-state index contributed by atoms with van der Waals surface area (Å²) < 4.78 is 1.02. The predicted octanol–water partition coefficient (Wildman–Crippen LogP) is 2.34. The topological polar surface area (TPSA) is 44.9 Å². The Morgan fingerprint density at radius 2 is 2.26 bits per heavy atom. The Balaban J connectivity index is 2.21. The van der Waals surface area contributed by atoms with Crippen molar-refractivity contribution in [3.8, 4) is 0 Å². The molecule has 0 aliphatic carbocycles. The number of nitrogens with two attached hydrogens (primary N) is 1. The first-order valence-electron chi connectivity index (χ1n) is 6.15. The minimum Gasteiger partial charge on any atom is -0.370 e. The maximum Gasteiger partial charge on any atom is 0.191 e. The van der Waals surface area contributed by atoms with E-state index >= 15 is 0 Å². The lowest BCUT2D eigenvalue weighted by atomic mass is 10.1. The standard InChI is InChI=1S/C13H18BrClN4/c1-18(2)5-6-19-12(8-17-13(19)16)10-7-9(14)3-4-11(10)15/h3-4,7,12H,5-6,8H2,1-2H3,(H2,16,17). The first kappa shape index (κ1) is 14.6. The van der Waals surface area contributed by atoms with Crippen LogP contribution in [0.1, 0.15) is 11.6 Å². The largest absolute Gasteiger partial charge is 0.370 e. The Bertz CT molecular complexity index is 490. The van der Waals surface area contributed by atoms with E-state index in [0.717, 1.165) is 28.1 Å². The van der Waals surface area contributed by atoms with E-state index in [2.05, 4.69) is 30.7 Å². The fraction of sp³-hybridized carbons (Fsp3) is 0.462. The number of hydrogen-bond acceptors (Lipinski definition) is 4. The summed E-state index contributed by atoms with van der Waals surface area (Å²) in [5.74, 6) is 0.600. The molecule has 0 radical (unpaired) electrons. The predicted molar refractivity (Wildman–Crippen MR) is 83.6 cm³/mol. The molecule has 0 aromatic heterocycles. The van der Waals surface area contributed by atoms with Crippen LogP contribution in [0.15, 0.2) is 27.7 Å². The third kappa shape index (κ3) is 3.41. The second-order valence-corrected chi connectivity index (χ2v) is 6.20. The van der Waals surface area contributed by atoms with Gasteiger partial charge in [0.05, 0.1) is 12.6 Å². The molecule has 0 amide bonds. The molecule has 0 fully saturated rings. The van der Waals surface area contributed by atoms with Gasteiger partial charge in [0.2, 0.25) is 0 Å². The van der Waals surface area contributed by atoms with Crippen LogP contribution < -0.4 is 5.73 Å². The minimum atomic E-state index is 0.130. The average Bonchev–Trinajstić information content (AvgIpc) is 2.71. The molecular formula is C13H18BrClN4. The third-order valence-corrected chi connectivity index (χ3v) is 4.04. The van der Waals surface area contributed by atoms with Crippen LogP contribution in [0.3, 0.4) is 0 Å². The van der Waals surface area contributed by atoms with Crippen molar-refractivity contribution in [3.63, 3.8) is 0 Å². The van der Waals surface area contributed by atoms with E-state index in [0.29, 0.717) is 12.5 Å². The molecule has 0 saturated heterocycles. The smallest absolute Gasteiger partial charge is 0.191 e. The van der Waals surface area contributed by atoms with E-state index in [1.807, 2.05) is 32.3 Å². The second-order valence-electron chi connectivity index (χ2n) is 4.88. The summed E-state index contributed by atoms with van der Waals surface area (Å²) in [7, 11) is 4.09. The molecule has 0 saturated carbocycles. The van der Waals surface area contributed by atoms with Gasteiger partial charge >= 0.3 is 0 Å². The van der Waals surface area contributed by atoms with Gasteiger partial charge in [0, 0.05) is 22.6 Å². The summed E-state index contributed by atoms with van der Waals surface area (Å²) in [5.41, 5.74) is 7.05. The van der Waals surface area contributed by atoms with Crippen LogP contribution in [0.5, 0.6) is 0 Å². The van der Waals surface area contributed by atoms with Crippen LogP contribution in [0.2, 0.25) is 5.02 Å². The Kier molecular flexibility index (Phi) is 4.71. The molecule has 104 valence electrons. The molecule has 2 N–H and O–H groups in total. The van der Waals surface area contributed by atoms with E-state index in [4.69, 9.17) is 17.3 Å². The van der Waals surface area contributed by atoms with Crippen LogP contribution in [0.4, 0.5) is 0 Å². The number of hydrogen-bond donors (Lipinski definition) is 1. The van der Waals surface area contributed by atoms with Crippen LogP contribution in [-0.4, -0.2) is 49.5 Å². The Morgan fingerprint density at radius 1 is 1.53 bits per heavy atom. The van der Waals surface area contributed by atoms with E-state index in [9.17, 15) is 0 Å². The molecule has 2 rings (SSSR count). The molecule has 6 heteroatoms. The Morgan fingerprint density at radius 3 is 2.95 bits per heavy atom. The summed E-state index contributed by atoms with van der Waals surface area (Å²) in [6.45, 7) is 2.43. The molecule has 1 unspecified atom stereocenters. The van der Waals surface area contributed by atoms with E-state index in [1.54, 1.807) is 0 Å². The van der Waals surface area contributed by atoms with Crippen LogP contribution in [-0.2, 0) is 0 Å². The summed E-state index contributed by atoms with van der Waals surface area (Å²) in [5, 5.41) is 0.757. The Labute approximate surface area is 127 Å². The van der Waals surface area contributed by atoms with Gasteiger partial charge in [-0.25, -0.2) is 0 Å². The lowest BCUT2D eigenvalue weighted by molar-refractivity contribution is 0.293. The maximum atomic E-state index is 6.30. The first-order valence-corrected chi connectivity index (χ1v) is 7.32. The fourth-order valence-electron chi connectivity index (χ4n) is 2.14. The van der Waals surface area contributed by atoms with Crippen LogP contribution in [0.25, 0.3) is 0 Å². The number of aliphatic imine (C=N–C) groups is 1. The van der Waals surface area contributed by atoms with Crippen molar-refractivity contribution < 1.29 is 0 Å². The van der Waals surface area contributed by atoms with Gasteiger partial charge in [-0.05, 0) is 37.9 Å². The summed E-state index contributed by atoms with van der Waals surface area (Å²) in [4.78, 5) is 8.60. The molecule has 0 spiro atoms. The van der Waals surface area contributed by atoms with Gasteiger partial charge in [-0.15, -0.1) is 0 Å². The highest BCUT2D eigenvalue weighted by Crippen LogP contribution is 2.32. The van der Waals surface area contributed by atoms with E-state index < -0.39 is 0 Å². The monoisotopic (exact) mass is 344 g/mol. The Hall–Kier alpha value is -0.780. The second kappa shape index (κ2) is 6.11. The lowest BCUT2D eigenvalue weighted by Crippen LogP contribution is -2.40. The van der Waals surface area contributed by atoms with Gasteiger partial charge in [0.15, 0.2) is 5.96 Å². The number of guanidine groups is 1. The third-order valence-electron chi connectivity index (χ3n) is 3.20. The molecule has 1 aliphatic heterocycles. The van der Waals surface area contributed by atoms with Crippen molar-refractivity contribution in [1.82, 2.24) is 9.80 Å². The van der Waals surface area contributed by atoms with Crippen molar-refractivity contribution in [1.29, 1.82) is 0 Å². The highest BCUT2D eigenvalue weighted by Gasteiger charge is 2.28. The van der Waals surface area contributed by atoms with Crippen LogP contribution in [0, 0.1) is 0 Å². The van der Waals surface area contributed by atoms with Gasteiger partial charge < -0.3 is 15.5 Å². The highest BCUT2D eigenvalue weighted by molar-refractivity contribution is 9.10. The van der Waals surface area contributed by atoms with Crippen molar-refractivity contribution >= 4 is 33.5 Å². The lowest BCUT2D eigenvalue weighted by Gasteiger charge is -2.28. The van der Waals surface area contributed by atoms with Gasteiger partial charge in [0.1, 0.15) is 0 Å². The quantitative estimate of drug-likeness (QED) is 0.911. The van der Waals surface area contributed by atoms with Gasteiger partial charge in [-0.1, -0.05) is 27.5 Å². The SMILES string of the molecule is CN(C)CCN1C(N)=NCC1c1cc(Br)ccc1Cl. The number of halogens is 2. The van der Waals surface area contributed by atoms with Crippen molar-refractivity contribution in [2.24, 2.45) is 10.7 Å². The van der Waals surface area contributed by atoms with Crippen molar-refractivity contribution in [2.75, 3.05) is 33.7 Å². The zero-order chi connectivity index (χ0) is 14.0. The van der Waals surface area contributed by atoms with Gasteiger partial charge in [0.25, 0.3) is 0 Å². The van der Waals surface area contributed by atoms with Gasteiger partial charge in [-0.2, -0.15) is 0 Å². The van der Waals surface area contributed by atoms with E-state index in [-0.39, 0.29) is 6.04 Å². The molecule has 1 heterocycles. The minimum absolute atomic E-state index is 0.130. The molecule has 1 atom stereocenters. The van der Waals surface area contributed by atoms with Crippen molar-refractivity contribution in [3.05, 3.63) is 33.3 Å². The van der Waals surface area contributed by atoms with E-state index in [1.165, 1.54) is 0 Å². The number of benzene rings is 1. The zero-order valence-corrected chi connectivity index (χ0v) is 13.4. The molecule has 19 heavy (non-hydrogen) atoms. The summed E-state index contributed by atoms with van der Waals surface area (Å²) in [6, 6.07) is 6.02. The molecular weight excluding hydrogens is 328 g/mol. The summed E-state index contributed by atoms with van der Waals surface area (Å²) >= 11 is 9.79. The average molecular weight is 346 g/mol. The number of likely N-dealkylation sites (N-methyl/N-ethyl adjacent to an activating group) is 1. The molecule has 4 nitrogen and oxygen atoms in total. The van der Waals surface area contributed by atoms with Gasteiger partial charge in [-0.3, -0.25) is 4.99 Å². The van der Waals surface area contributed by atoms with Crippen molar-refractivity contribution in [2.45, 2.75) is 6.04 Å². The molecule has 1 aliphatic rings. The number of nitrogens with zero attached hydrogens (tertiary/aromatic N) is 3. The normalized spacial score (nSPS) is 19.1. The first-order chi connectivity index (χ1) is 8.99.